The van der Waals surface area contributed by atoms with Crippen LogP contribution in [0.15, 0.2) is 102 Å². The van der Waals surface area contributed by atoms with Gasteiger partial charge in [-0.25, -0.2) is 9.89 Å². The van der Waals surface area contributed by atoms with Crippen molar-refractivity contribution < 1.29 is 14.3 Å². The molecule has 47 heavy (non-hydrogen) atoms. The van der Waals surface area contributed by atoms with Crippen molar-refractivity contribution in [1.82, 2.24) is 10.2 Å². The van der Waals surface area contributed by atoms with Gasteiger partial charge in [0.05, 0.1) is 41.4 Å². The van der Waals surface area contributed by atoms with E-state index in [-0.39, 0.29) is 41.2 Å². The molecule has 2 aliphatic rings. The van der Waals surface area contributed by atoms with Crippen LogP contribution < -0.4 is 16.2 Å². The molecule has 4 unspecified atom stereocenters. The Hall–Kier alpha value is -5.24. The summed E-state index contributed by atoms with van der Waals surface area (Å²) in [6, 6.07) is 31.5. The highest BCUT2D eigenvalue weighted by molar-refractivity contribution is 6.12. The van der Waals surface area contributed by atoms with Crippen molar-refractivity contribution >= 4 is 33.9 Å². The van der Waals surface area contributed by atoms with Gasteiger partial charge in [-0.15, -0.1) is 0 Å². The standard InChI is InChI=1S/C20H21NO3.C19H19N3O/c1-12(2)16-18(13-8-5-4-6-9-13)21-15-11-7-10-14(20(23)24-3)17(15)19(16)22;1-11(2)15-17(12-7-4-3-5-8-12)20-14-10-6-9-13-16(14)18(15)21-22-19(13)23/h4-12,16,18,21H,1-3H3;3-11,15,17,20H,1-2H3,(H,22,23). The number of H-pyrrole nitrogens is 1. The molecular weight excluding hydrogens is 588 g/mol. The number of hydrogen-bond acceptors (Lipinski definition) is 7. The quantitative estimate of drug-likeness (QED) is 0.170. The van der Waals surface area contributed by atoms with E-state index >= 15 is 0 Å². The number of anilines is 2. The summed E-state index contributed by atoms with van der Waals surface area (Å²) in [7, 11) is 1.33. The molecule has 0 bridgehead atoms. The van der Waals surface area contributed by atoms with E-state index in [9.17, 15) is 14.4 Å². The van der Waals surface area contributed by atoms with Gasteiger partial charge in [-0.1, -0.05) is 100 Å². The van der Waals surface area contributed by atoms with E-state index < -0.39 is 5.97 Å². The number of aromatic amines is 1. The molecule has 3 N–H and O–H groups in total. The van der Waals surface area contributed by atoms with Gasteiger partial charge >= 0.3 is 5.97 Å². The maximum absolute atomic E-state index is 13.2. The lowest BCUT2D eigenvalue weighted by molar-refractivity contribution is 0.0594. The van der Waals surface area contributed by atoms with Gasteiger partial charge in [0.1, 0.15) is 0 Å². The summed E-state index contributed by atoms with van der Waals surface area (Å²) >= 11 is 0. The van der Waals surface area contributed by atoms with Crippen LogP contribution >= 0.6 is 0 Å². The minimum atomic E-state index is -0.484. The lowest BCUT2D eigenvalue weighted by atomic mass is 9.75. The first-order valence-electron chi connectivity index (χ1n) is 16.1. The molecule has 5 aromatic rings. The highest BCUT2D eigenvalue weighted by Crippen LogP contribution is 2.46. The van der Waals surface area contributed by atoms with Crippen molar-refractivity contribution in [3.05, 3.63) is 135 Å². The average molecular weight is 629 g/mol. The number of ketones is 1. The van der Waals surface area contributed by atoms with Crippen molar-refractivity contribution in [1.29, 1.82) is 0 Å². The fourth-order valence-corrected chi connectivity index (χ4v) is 7.11. The monoisotopic (exact) mass is 628 g/mol. The van der Waals surface area contributed by atoms with E-state index in [1.165, 1.54) is 12.7 Å². The Bertz CT molecular complexity index is 1970. The molecule has 2 aliphatic heterocycles. The molecule has 240 valence electrons. The minimum Gasteiger partial charge on any atom is -0.465 e. The Balaban J connectivity index is 0.000000164. The van der Waals surface area contributed by atoms with Gasteiger partial charge < -0.3 is 15.4 Å². The van der Waals surface area contributed by atoms with E-state index in [0.717, 1.165) is 22.3 Å². The predicted molar refractivity (Wildman–Crippen MR) is 186 cm³/mol. The molecule has 0 saturated heterocycles. The average Bonchev–Trinajstić information content (AvgIpc) is 3.09. The molecular formula is C39H40N4O4. The molecule has 0 fully saturated rings. The summed E-state index contributed by atoms with van der Waals surface area (Å²) < 4.78 is 4.84. The topological polar surface area (TPSA) is 113 Å². The third kappa shape index (κ3) is 5.91. The molecule has 1 aromatic heterocycles. The minimum absolute atomic E-state index is 0.00592. The third-order valence-electron chi connectivity index (χ3n) is 9.27. The second-order valence-electron chi connectivity index (χ2n) is 12.9. The summed E-state index contributed by atoms with van der Waals surface area (Å²) in [5, 5.41) is 15.9. The molecule has 8 heteroatoms. The predicted octanol–water partition coefficient (Wildman–Crippen LogP) is 7.92. The van der Waals surface area contributed by atoms with Crippen LogP contribution in [0.2, 0.25) is 0 Å². The van der Waals surface area contributed by atoms with E-state index in [1.807, 2.05) is 74.5 Å². The van der Waals surface area contributed by atoms with Crippen molar-refractivity contribution in [3.63, 3.8) is 0 Å². The van der Waals surface area contributed by atoms with Gasteiger partial charge in [-0.3, -0.25) is 9.59 Å². The number of benzene rings is 4. The number of hydrogen-bond donors (Lipinski definition) is 3. The van der Waals surface area contributed by atoms with Crippen LogP contribution in [0.5, 0.6) is 0 Å². The summed E-state index contributed by atoms with van der Waals surface area (Å²) in [5.74, 6) is -0.00894. The number of methoxy groups -OCH3 is 1. The molecule has 4 atom stereocenters. The molecule has 7 rings (SSSR count). The number of ether oxygens (including phenoxy) is 1. The number of carbonyl (C=O) groups is 2. The van der Waals surface area contributed by atoms with Gasteiger partial charge in [-0.05, 0) is 47.2 Å². The molecule has 0 amide bonds. The van der Waals surface area contributed by atoms with E-state index in [2.05, 4.69) is 58.9 Å². The lowest BCUT2D eigenvalue weighted by Gasteiger charge is -2.36. The van der Waals surface area contributed by atoms with Crippen LogP contribution in [-0.4, -0.2) is 29.1 Å². The zero-order valence-corrected chi connectivity index (χ0v) is 27.3. The molecule has 8 nitrogen and oxygen atoms in total. The highest BCUT2D eigenvalue weighted by Gasteiger charge is 2.40. The zero-order valence-electron chi connectivity index (χ0n) is 27.3. The second-order valence-corrected chi connectivity index (χ2v) is 12.9. The first-order chi connectivity index (χ1) is 22.7. The Kier molecular flexibility index (Phi) is 8.94. The fraction of sp³-hybridized carbons (Fsp3) is 0.282. The van der Waals surface area contributed by atoms with E-state index in [1.54, 1.807) is 12.1 Å². The van der Waals surface area contributed by atoms with Gasteiger partial charge in [0.25, 0.3) is 5.56 Å². The van der Waals surface area contributed by atoms with Crippen LogP contribution in [0.1, 0.15) is 83.2 Å². The second kappa shape index (κ2) is 13.2. The molecule has 4 aromatic carbocycles. The normalized spacial score (nSPS) is 19.7. The Morgan fingerprint density at radius 3 is 1.85 bits per heavy atom. The maximum atomic E-state index is 13.2. The van der Waals surface area contributed by atoms with Crippen molar-refractivity contribution in [3.8, 4) is 0 Å². The highest BCUT2D eigenvalue weighted by atomic mass is 16.5. The van der Waals surface area contributed by atoms with Crippen LogP contribution in [0.3, 0.4) is 0 Å². The summed E-state index contributed by atoms with van der Waals surface area (Å²) in [4.78, 5) is 37.4. The van der Waals surface area contributed by atoms with Gasteiger partial charge in [0.15, 0.2) is 5.78 Å². The maximum Gasteiger partial charge on any atom is 0.338 e. The number of carbonyl (C=O) groups excluding carboxylic acids is 2. The van der Waals surface area contributed by atoms with Gasteiger partial charge in [0.2, 0.25) is 0 Å². The zero-order chi connectivity index (χ0) is 33.2. The SMILES string of the molecule is CC(C)C1c2n[nH]c(=O)c3cccc(c23)NC1c1ccccc1.COC(=O)c1cccc2c1C(=O)C(C(C)C)C(c1ccccc1)N2. The number of Topliss-reactive ketones (excluding diaryl/α,β-unsaturated/α-hetero) is 1. The van der Waals surface area contributed by atoms with Crippen LogP contribution in [-0.2, 0) is 4.74 Å². The third-order valence-corrected chi connectivity index (χ3v) is 9.27. The Labute approximate surface area is 274 Å². The number of fused-ring (bicyclic) bond motifs is 1. The fourth-order valence-electron chi connectivity index (χ4n) is 7.11. The van der Waals surface area contributed by atoms with Crippen molar-refractivity contribution in [2.24, 2.45) is 17.8 Å². The van der Waals surface area contributed by atoms with E-state index in [0.29, 0.717) is 28.1 Å². The molecule has 3 heterocycles. The first-order valence-corrected chi connectivity index (χ1v) is 16.1. The van der Waals surface area contributed by atoms with Crippen LogP contribution in [0.4, 0.5) is 11.4 Å². The largest absolute Gasteiger partial charge is 0.465 e. The smallest absolute Gasteiger partial charge is 0.338 e. The number of esters is 1. The Morgan fingerprint density at radius 2 is 1.26 bits per heavy atom. The summed E-state index contributed by atoms with van der Waals surface area (Å²) in [6.45, 7) is 8.47. The molecule has 0 aliphatic carbocycles. The van der Waals surface area contributed by atoms with Gasteiger partial charge in [-0.2, -0.15) is 5.10 Å². The van der Waals surface area contributed by atoms with Crippen LogP contribution in [0, 0.1) is 17.8 Å². The van der Waals surface area contributed by atoms with Crippen molar-refractivity contribution in [2.75, 3.05) is 17.7 Å². The number of nitrogens with zero attached hydrogens (tertiary/aromatic N) is 1. The summed E-state index contributed by atoms with van der Waals surface area (Å²) in [6.07, 6.45) is 0. The Morgan fingerprint density at radius 1 is 0.702 bits per heavy atom. The number of rotatable bonds is 5. The number of nitrogens with one attached hydrogen (secondary N) is 3. The molecule has 0 radical (unpaired) electrons. The van der Waals surface area contributed by atoms with E-state index in [4.69, 9.17) is 4.74 Å². The first kappa shape index (κ1) is 31.7. The number of aromatic nitrogens is 2. The molecule has 0 saturated carbocycles. The van der Waals surface area contributed by atoms with Crippen molar-refractivity contribution in [2.45, 2.75) is 45.7 Å². The van der Waals surface area contributed by atoms with Crippen LogP contribution in [0.25, 0.3) is 10.8 Å². The summed E-state index contributed by atoms with van der Waals surface area (Å²) in [5.41, 5.74) is 5.60. The van der Waals surface area contributed by atoms with Gasteiger partial charge in [0, 0.05) is 28.6 Å². The lowest BCUT2D eigenvalue weighted by Crippen LogP contribution is -2.37. The molecule has 0 spiro atoms.